The third kappa shape index (κ3) is 5.12. The molecule has 9 heteroatoms. The molecule has 1 aromatic heterocycles. The Bertz CT molecular complexity index is 944. The highest BCUT2D eigenvalue weighted by Gasteiger charge is 2.27. The normalized spacial score (nSPS) is 22.0. The first-order valence-corrected chi connectivity index (χ1v) is 11.6. The van der Waals surface area contributed by atoms with E-state index in [9.17, 15) is 8.42 Å². The minimum Gasteiger partial charge on any atom is -0.490 e. The monoisotopic (exact) mass is 438 g/mol. The van der Waals surface area contributed by atoms with Gasteiger partial charge in [0.25, 0.3) is 0 Å². The molecule has 0 saturated heterocycles. The largest absolute Gasteiger partial charge is 0.490 e. The average molecular weight is 439 g/mol. The summed E-state index contributed by atoms with van der Waals surface area (Å²) in [6.07, 6.45) is 5.22. The molecule has 7 nitrogen and oxygen atoms in total. The maximum Gasteiger partial charge on any atom is 0.240 e. The number of hydrogen-bond acceptors (Lipinski definition) is 6. The molecular formula is C20H23ClN2O5S. The number of nitrogens with zero attached hydrogens (tertiary/aromatic N) is 1. The highest BCUT2D eigenvalue weighted by molar-refractivity contribution is 7.89. The van der Waals surface area contributed by atoms with Gasteiger partial charge in [-0.1, -0.05) is 11.6 Å². The molecule has 2 aliphatic rings. The molecule has 0 spiro atoms. The Balaban J connectivity index is 1.35. The van der Waals surface area contributed by atoms with Crippen molar-refractivity contribution in [3.8, 4) is 17.4 Å². The van der Waals surface area contributed by atoms with E-state index < -0.39 is 10.0 Å². The van der Waals surface area contributed by atoms with Crippen molar-refractivity contribution >= 4 is 21.6 Å². The smallest absolute Gasteiger partial charge is 0.240 e. The molecule has 4 rings (SSSR count). The van der Waals surface area contributed by atoms with Gasteiger partial charge in [-0.05, 0) is 43.9 Å². The predicted molar refractivity (Wildman–Crippen MR) is 108 cm³/mol. The van der Waals surface area contributed by atoms with Crippen LogP contribution in [0.5, 0.6) is 17.4 Å². The zero-order valence-electron chi connectivity index (χ0n) is 15.8. The van der Waals surface area contributed by atoms with Crippen LogP contribution in [0.4, 0.5) is 0 Å². The second-order valence-electron chi connectivity index (χ2n) is 7.19. The van der Waals surface area contributed by atoms with Crippen LogP contribution in [-0.4, -0.2) is 38.8 Å². The molecule has 0 amide bonds. The van der Waals surface area contributed by atoms with Crippen LogP contribution in [0.2, 0.25) is 5.02 Å². The Morgan fingerprint density at radius 1 is 1.03 bits per heavy atom. The maximum absolute atomic E-state index is 12.8. The van der Waals surface area contributed by atoms with Crippen molar-refractivity contribution in [2.45, 2.75) is 49.1 Å². The van der Waals surface area contributed by atoms with Crippen LogP contribution in [0.3, 0.4) is 0 Å². The first kappa shape index (κ1) is 20.3. The van der Waals surface area contributed by atoms with Crippen molar-refractivity contribution in [2.24, 2.45) is 0 Å². The summed E-state index contributed by atoms with van der Waals surface area (Å²) in [5, 5.41) is 0.560. The van der Waals surface area contributed by atoms with Gasteiger partial charge in [-0.15, -0.1) is 0 Å². The van der Waals surface area contributed by atoms with E-state index in [1.807, 2.05) is 0 Å². The standard InChI is InChI=1S/C20H23ClN2O5S/c21-14-2-9-20(22-13-14)28-16-5-3-15(4-6-16)23-29(24,25)17-7-8-18-19(12-17)27-11-1-10-26-18/h2,7-9,12-13,15-16,23H,1,3-6,10-11H2. The van der Waals surface area contributed by atoms with E-state index >= 15 is 0 Å². The summed E-state index contributed by atoms with van der Waals surface area (Å²) in [5.74, 6) is 1.58. The van der Waals surface area contributed by atoms with Crippen molar-refractivity contribution in [1.29, 1.82) is 0 Å². The molecule has 2 aromatic rings. The van der Waals surface area contributed by atoms with Crippen molar-refractivity contribution in [3.63, 3.8) is 0 Å². The van der Waals surface area contributed by atoms with Crippen LogP contribution in [0.25, 0.3) is 0 Å². The van der Waals surface area contributed by atoms with Gasteiger partial charge >= 0.3 is 0 Å². The molecule has 1 N–H and O–H groups in total. The van der Waals surface area contributed by atoms with Crippen LogP contribution < -0.4 is 18.9 Å². The number of nitrogens with one attached hydrogen (secondary N) is 1. The number of sulfonamides is 1. The molecule has 0 bridgehead atoms. The lowest BCUT2D eigenvalue weighted by molar-refractivity contribution is 0.138. The predicted octanol–water partition coefficient (Wildman–Crippen LogP) is 3.56. The number of pyridine rings is 1. The molecule has 156 valence electrons. The summed E-state index contributed by atoms with van der Waals surface area (Å²) < 4.78 is 45.5. The van der Waals surface area contributed by atoms with Crippen LogP contribution in [0.15, 0.2) is 41.4 Å². The first-order valence-electron chi connectivity index (χ1n) is 9.70. The van der Waals surface area contributed by atoms with Crippen LogP contribution in [0, 0.1) is 0 Å². The van der Waals surface area contributed by atoms with Gasteiger partial charge in [0.2, 0.25) is 15.9 Å². The molecule has 2 heterocycles. The first-order chi connectivity index (χ1) is 14.0. The van der Waals surface area contributed by atoms with E-state index in [1.54, 1.807) is 30.5 Å². The summed E-state index contributed by atoms with van der Waals surface area (Å²) in [6.45, 7) is 1.07. The molecule has 1 aliphatic heterocycles. The summed E-state index contributed by atoms with van der Waals surface area (Å²) in [7, 11) is -3.64. The topological polar surface area (TPSA) is 86.8 Å². The summed E-state index contributed by atoms with van der Waals surface area (Å²) in [4.78, 5) is 4.33. The zero-order chi connectivity index (χ0) is 20.3. The maximum atomic E-state index is 12.8. The van der Waals surface area contributed by atoms with Crippen molar-refractivity contribution < 1.29 is 22.6 Å². The minimum atomic E-state index is -3.64. The number of hydrogen-bond donors (Lipinski definition) is 1. The Morgan fingerprint density at radius 3 is 2.52 bits per heavy atom. The van der Waals surface area contributed by atoms with Gasteiger partial charge in [-0.3, -0.25) is 0 Å². The number of benzene rings is 1. The van der Waals surface area contributed by atoms with Crippen molar-refractivity contribution in [1.82, 2.24) is 9.71 Å². The van der Waals surface area contributed by atoms with Gasteiger partial charge in [-0.2, -0.15) is 0 Å². The van der Waals surface area contributed by atoms with E-state index in [1.165, 1.54) is 6.07 Å². The van der Waals surface area contributed by atoms with E-state index in [-0.39, 0.29) is 17.0 Å². The summed E-state index contributed by atoms with van der Waals surface area (Å²) in [5.41, 5.74) is 0. The zero-order valence-corrected chi connectivity index (χ0v) is 17.4. The van der Waals surface area contributed by atoms with Gasteiger partial charge in [0.1, 0.15) is 6.10 Å². The molecule has 1 aliphatic carbocycles. The molecule has 1 aromatic carbocycles. The van der Waals surface area contributed by atoms with Gasteiger partial charge in [0, 0.05) is 30.8 Å². The van der Waals surface area contributed by atoms with Crippen molar-refractivity contribution in [3.05, 3.63) is 41.6 Å². The third-order valence-corrected chi connectivity index (χ3v) is 6.75. The Morgan fingerprint density at radius 2 is 1.79 bits per heavy atom. The van der Waals surface area contributed by atoms with Gasteiger partial charge < -0.3 is 14.2 Å². The second-order valence-corrected chi connectivity index (χ2v) is 9.34. The fourth-order valence-electron chi connectivity index (χ4n) is 3.50. The fraction of sp³-hybridized carbons (Fsp3) is 0.450. The number of rotatable bonds is 5. The summed E-state index contributed by atoms with van der Waals surface area (Å²) in [6, 6.07) is 8.08. The Hall–Kier alpha value is -2.03. The lowest BCUT2D eigenvalue weighted by atomic mass is 9.94. The van der Waals surface area contributed by atoms with E-state index in [0.29, 0.717) is 48.5 Å². The third-order valence-electron chi connectivity index (χ3n) is 5.01. The molecule has 29 heavy (non-hydrogen) atoms. The lowest BCUT2D eigenvalue weighted by Crippen LogP contribution is -2.39. The van der Waals surface area contributed by atoms with Gasteiger partial charge in [0.05, 0.1) is 23.1 Å². The number of ether oxygens (including phenoxy) is 3. The minimum absolute atomic E-state index is 0.0162. The van der Waals surface area contributed by atoms with Crippen molar-refractivity contribution in [2.75, 3.05) is 13.2 Å². The van der Waals surface area contributed by atoms with Crippen LogP contribution in [0.1, 0.15) is 32.1 Å². The fourth-order valence-corrected chi connectivity index (χ4v) is 4.93. The van der Waals surface area contributed by atoms with E-state index in [2.05, 4.69) is 9.71 Å². The van der Waals surface area contributed by atoms with E-state index in [4.69, 9.17) is 25.8 Å². The Labute approximate surface area is 175 Å². The molecule has 1 fully saturated rings. The highest BCUT2D eigenvalue weighted by atomic mass is 35.5. The SMILES string of the molecule is O=S(=O)(NC1CCC(Oc2ccc(Cl)cn2)CC1)c1ccc2c(c1)OCCCO2. The molecular weight excluding hydrogens is 416 g/mol. The Kier molecular flexibility index (Phi) is 6.12. The van der Waals surface area contributed by atoms with Crippen LogP contribution in [-0.2, 0) is 10.0 Å². The number of fused-ring (bicyclic) bond motifs is 1. The molecule has 0 unspecified atom stereocenters. The number of halogens is 1. The second kappa shape index (κ2) is 8.77. The summed E-state index contributed by atoms with van der Waals surface area (Å²) >= 11 is 5.83. The quantitative estimate of drug-likeness (QED) is 0.768. The number of aromatic nitrogens is 1. The molecule has 0 atom stereocenters. The molecule has 0 radical (unpaired) electrons. The van der Waals surface area contributed by atoms with Gasteiger partial charge in [-0.25, -0.2) is 18.1 Å². The van der Waals surface area contributed by atoms with Crippen LogP contribution >= 0.6 is 11.6 Å². The van der Waals surface area contributed by atoms with E-state index in [0.717, 1.165) is 19.3 Å². The lowest BCUT2D eigenvalue weighted by Gasteiger charge is -2.29. The average Bonchev–Trinajstić information content (AvgIpc) is 2.96. The highest BCUT2D eigenvalue weighted by Crippen LogP contribution is 2.32. The van der Waals surface area contributed by atoms with Gasteiger partial charge in [0.15, 0.2) is 11.5 Å². The molecule has 1 saturated carbocycles.